The highest BCUT2D eigenvalue weighted by Gasteiger charge is 2.28. The molecule has 0 aromatic heterocycles. The van der Waals surface area contributed by atoms with Crippen LogP contribution in [0.25, 0.3) is 0 Å². The summed E-state index contributed by atoms with van der Waals surface area (Å²) in [5, 5.41) is 3.12. The van der Waals surface area contributed by atoms with Gasteiger partial charge in [-0.3, -0.25) is 4.79 Å². The molecular weight excluding hydrogens is 278 g/mol. The third-order valence-corrected chi connectivity index (χ3v) is 4.56. The van der Waals surface area contributed by atoms with Gasteiger partial charge in [-0.15, -0.1) is 0 Å². The lowest BCUT2D eigenvalue weighted by atomic mass is 9.78. The van der Waals surface area contributed by atoms with Crippen LogP contribution in [-0.2, 0) is 4.79 Å². The van der Waals surface area contributed by atoms with Crippen LogP contribution in [0.2, 0.25) is 0 Å². The van der Waals surface area contributed by atoms with E-state index in [0.29, 0.717) is 29.9 Å². The lowest BCUT2D eigenvalue weighted by molar-refractivity contribution is -0.124. The summed E-state index contributed by atoms with van der Waals surface area (Å²) in [5.41, 5.74) is 0. The third-order valence-electron chi connectivity index (χ3n) is 4.56. The summed E-state index contributed by atoms with van der Waals surface area (Å²) in [6, 6.07) is 7.71. The van der Waals surface area contributed by atoms with Gasteiger partial charge in [0, 0.05) is 6.04 Å². The van der Waals surface area contributed by atoms with E-state index in [1.165, 1.54) is 12.8 Å². The number of para-hydroxylation sites is 2. The van der Waals surface area contributed by atoms with E-state index in [0.717, 1.165) is 6.42 Å². The molecule has 0 heterocycles. The van der Waals surface area contributed by atoms with Crippen molar-refractivity contribution in [3.8, 4) is 11.5 Å². The van der Waals surface area contributed by atoms with Gasteiger partial charge >= 0.3 is 0 Å². The standard InChI is InChI=1S/C18H27NO3/c1-4-21-16-10-5-6-11-17(16)22-12-18(20)19-15-9-7-8-13(2)14(15)3/h5-6,10-11,13-15H,4,7-9,12H2,1-3H3,(H,19,20). The molecule has 0 saturated heterocycles. The van der Waals surface area contributed by atoms with Crippen LogP contribution in [0.3, 0.4) is 0 Å². The Morgan fingerprint density at radius 3 is 2.55 bits per heavy atom. The van der Waals surface area contributed by atoms with Crippen LogP contribution in [-0.4, -0.2) is 25.2 Å². The van der Waals surface area contributed by atoms with E-state index in [4.69, 9.17) is 9.47 Å². The molecule has 122 valence electrons. The quantitative estimate of drug-likeness (QED) is 0.876. The van der Waals surface area contributed by atoms with Crippen molar-refractivity contribution in [1.82, 2.24) is 5.32 Å². The molecule has 0 spiro atoms. The lowest BCUT2D eigenvalue weighted by Gasteiger charge is -2.34. The van der Waals surface area contributed by atoms with E-state index in [2.05, 4.69) is 19.2 Å². The van der Waals surface area contributed by atoms with Crippen molar-refractivity contribution in [2.45, 2.75) is 46.1 Å². The van der Waals surface area contributed by atoms with Crippen LogP contribution in [0, 0.1) is 11.8 Å². The normalized spacial score (nSPS) is 24.6. The molecule has 0 aliphatic heterocycles. The number of ether oxygens (including phenoxy) is 2. The van der Waals surface area contributed by atoms with Crippen LogP contribution in [0.5, 0.6) is 11.5 Å². The Balaban J connectivity index is 1.85. The van der Waals surface area contributed by atoms with E-state index in [-0.39, 0.29) is 18.6 Å². The number of benzene rings is 1. The first-order valence-electron chi connectivity index (χ1n) is 8.25. The lowest BCUT2D eigenvalue weighted by Crippen LogP contribution is -2.45. The van der Waals surface area contributed by atoms with Gasteiger partial charge in [0.05, 0.1) is 6.61 Å². The van der Waals surface area contributed by atoms with Crippen molar-refractivity contribution >= 4 is 5.91 Å². The molecular formula is C18H27NO3. The molecule has 1 amide bonds. The highest BCUT2D eigenvalue weighted by Crippen LogP contribution is 2.29. The van der Waals surface area contributed by atoms with Crippen LogP contribution >= 0.6 is 0 Å². The Morgan fingerprint density at radius 1 is 1.18 bits per heavy atom. The maximum atomic E-state index is 12.1. The molecule has 22 heavy (non-hydrogen) atoms. The maximum absolute atomic E-state index is 12.1. The molecule has 4 nitrogen and oxygen atoms in total. The monoisotopic (exact) mass is 305 g/mol. The molecule has 3 atom stereocenters. The molecule has 1 aliphatic carbocycles. The summed E-state index contributed by atoms with van der Waals surface area (Å²) in [7, 11) is 0. The second kappa shape index (κ2) is 8.06. The van der Waals surface area contributed by atoms with Crippen molar-refractivity contribution in [2.24, 2.45) is 11.8 Å². The third kappa shape index (κ3) is 4.39. The van der Waals surface area contributed by atoms with Gasteiger partial charge in [-0.2, -0.15) is 0 Å². The Hall–Kier alpha value is -1.71. The molecule has 1 aromatic rings. The zero-order valence-corrected chi connectivity index (χ0v) is 13.8. The minimum atomic E-state index is -0.0581. The van der Waals surface area contributed by atoms with E-state index < -0.39 is 0 Å². The zero-order chi connectivity index (χ0) is 15.9. The van der Waals surface area contributed by atoms with Gasteiger partial charge in [-0.05, 0) is 37.3 Å². The Labute approximate surface area is 133 Å². The van der Waals surface area contributed by atoms with Gasteiger partial charge in [0.1, 0.15) is 0 Å². The minimum absolute atomic E-state index is 0.0295. The highest BCUT2D eigenvalue weighted by molar-refractivity contribution is 5.78. The summed E-state index contributed by atoms with van der Waals surface area (Å²) >= 11 is 0. The molecule has 1 fully saturated rings. The summed E-state index contributed by atoms with van der Waals surface area (Å²) < 4.78 is 11.1. The molecule has 0 bridgehead atoms. The Bertz CT molecular complexity index is 489. The number of nitrogens with one attached hydrogen (secondary N) is 1. The topological polar surface area (TPSA) is 47.6 Å². The first-order valence-corrected chi connectivity index (χ1v) is 8.25. The van der Waals surface area contributed by atoms with Gasteiger partial charge in [-0.1, -0.05) is 38.8 Å². The number of carbonyl (C=O) groups is 1. The van der Waals surface area contributed by atoms with E-state index in [1.54, 1.807) is 0 Å². The van der Waals surface area contributed by atoms with Crippen LogP contribution in [0.15, 0.2) is 24.3 Å². The average molecular weight is 305 g/mol. The molecule has 1 N–H and O–H groups in total. The Kier molecular flexibility index (Phi) is 6.10. The molecule has 0 radical (unpaired) electrons. The van der Waals surface area contributed by atoms with Gasteiger partial charge in [0.15, 0.2) is 18.1 Å². The summed E-state index contributed by atoms with van der Waals surface area (Å²) in [5.74, 6) is 2.42. The van der Waals surface area contributed by atoms with Gasteiger partial charge in [0.25, 0.3) is 5.91 Å². The van der Waals surface area contributed by atoms with Crippen LogP contribution in [0.1, 0.15) is 40.0 Å². The summed E-state index contributed by atoms with van der Waals surface area (Å²) in [6.07, 6.45) is 3.50. The molecule has 4 heteroatoms. The molecule has 1 aromatic carbocycles. The predicted octanol–water partition coefficient (Wildman–Crippen LogP) is 3.41. The maximum Gasteiger partial charge on any atom is 0.258 e. The molecule has 1 saturated carbocycles. The average Bonchev–Trinajstić information content (AvgIpc) is 2.51. The fraction of sp³-hybridized carbons (Fsp3) is 0.611. The predicted molar refractivity (Wildman–Crippen MR) is 87.2 cm³/mol. The van der Waals surface area contributed by atoms with E-state index in [1.807, 2.05) is 31.2 Å². The van der Waals surface area contributed by atoms with E-state index >= 15 is 0 Å². The fourth-order valence-corrected chi connectivity index (χ4v) is 3.02. The van der Waals surface area contributed by atoms with Crippen LogP contribution in [0.4, 0.5) is 0 Å². The van der Waals surface area contributed by atoms with Crippen LogP contribution < -0.4 is 14.8 Å². The number of amides is 1. The fourth-order valence-electron chi connectivity index (χ4n) is 3.02. The summed E-state index contributed by atoms with van der Waals surface area (Å²) in [4.78, 5) is 12.1. The number of carbonyl (C=O) groups excluding carboxylic acids is 1. The molecule has 2 rings (SSSR count). The largest absolute Gasteiger partial charge is 0.490 e. The van der Waals surface area contributed by atoms with Crippen molar-refractivity contribution in [3.05, 3.63) is 24.3 Å². The first kappa shape index (κ1) is 16.7. The number of hydrogen-bond acceptors (Lipinski definition) is 3. The Morgan fingerprint density at radius 2 is 1.86 bits per heavy atom. The van der Waals surface area contributed by atoms with E-state index in [9.17, 15) is 4.79 Å². The number of hydrogen-bond donors (Lipinski definition) is 1. The smallest absolute Gasteiger partial charge is 0.258 e. The second-order valence-electron chi connectivity index (χ2n) is 6.11. The second-order valence-corrected chi connectivity index (χ2v) is 6.11. The first-order chi connectivity index (χ1) is 10.6. The van der Waals surface area contributed by atoms with Crippen molar-refractivity contribution in [2.75, 3.05) is 13.2 Å². The summed E-state index contributed by atoms with van der Waals surface area (Å²) in [6.45, 7) is 7.01. The SMILES string of the molecule is CCOc1ccccc1OCC(=O)NC1CCCC(C)C1C. The highest BCUT2D eigenvalue weighted by atomic mass is 16.5. The minimum Gasteiger partial charge on any atom is -0.490 e. The molecule has 1 aliphatic rings. The van der Waals surface area contributed by atoms with Crippen molar-refractivity contribution in [1.29, 1.82) is 0 Å². The van der Waals surface area contributed by atoms with Crippen molar-refractivity contribution < 1.29 is 14.3 Å². The van der Waals surface area contributed by atoms with Gasteiger partial charge < -0.3 is 14.8 Å². The number of rotatable bonds is 6. The van der Waals surface area contributed by atoms with Gasteiger partial charge in [-0.25, -0.2) is 0 Å². The zero-order valence-electron chi connectivity index (χ0n) is 13.8. The van der Waals surface area contributed by atoms with Gasteiger partial charge in [0.2, 0.25) is 0 Å². The van der Waals surface area contributed by atoms with Crippen molar-refractivity contribution in [3.63, 3.8) is 0 Å². The molecule has 3 unspecified atom stereocenters.